The molecule has 2 aliphatic carbocycles. The molecule has 2 nitrogen and oxygen atoms in total. The van der Waals surface area contributed by atoms with Crippen LogP contribution in [0.15, 0.2) is 0 Å². The van der Waals surface area contributed by atoms with Crippen LogP contribution >= 0.6 is 0 Å². The zero-order chi connectivity index (χ0) is 9.09. The van der Waals surface area contributed by atoms with Crippen LogP contribution in [0, 0.1) is 23.2 Å². The van der Waals surface area contributed by atoms with Crippen molar-refractivity contribution in [2.24, 2.45) is 23.2 Å². The highest BCUT2D eigenvalue weighted by molar-refractivity contribution is 5.18. The third-order valence-electron chi connectivity index (χ3n) is 4.23. The van der Waals surface area contributed by atoms with Crippen molar-refractivity contribution in [2.45, 2.75) is 39.4 Å². The Kier molecular flexibility index (Phi) is 1.59. The van der Waals surface area contributed by atoms with Crippen molar-refractivity contribution in [3.63, 3.8) is 0 Å². The highest BCUT2D eigenvalue weighted by atomic mass is 16.3. The number of aliphatic hydroxyl groups is 2. The molecule has 12 heavy (non-hydrogen) atoms. The second-order valence-corrected chi connectivity index (χ2v) is 4.87. The van der Waals surface area contributed by atoms with Gasteiger partial charge in [-0.25, -0.2) is 0 Å². The largest absolute Gasteiger partial charge is 0.390 e. The van der Waals surface area contributed by atoms with Crippen molar-refractivity contribution in [2.75, 3.05) is 0 Å². The summed E-state index contributed by atoms with van der Waals surface area (Å²) in [5.74, 6) is 1.36. The van der Waals surface area contributed by atoms with Crippen molar-refractivity contribution in [3.8, 4) is 0 Å². The molecule has 5 atom stereocenters. The van der Waals surface area contributed by atoms with Crippen LogP contribution in [0.25, 0.3) is 0 Å². The Morgan fingerprint density at radius 3 is 2.17 bits per heavy atom. The van der Waals surface area contributed by atoms with Gasteiger partial charge in [-0.2, -0.15) is 0 Å². The van der Waals surface area contributed by atoms with Crippen LogP contribution in [-0.2, 0) is 0 Å². The van der Waals surface area contributed by atoms with Gasteiger partial charge in [0.2, 0.25) is 0 Å². The molecule has 2 rings (SSSR count). The molecule has 0 radical (unpaired) electrons. The van der Waals surface area contributed by atoms with E-state index in [1.165, 1.54) is 0 Å². The maximum atomic E-state index is 9.85. The van der Waals surface area contributed by atoms with Crippen LogP contribution < -0.4 is 0 Å². The van der Waals surface area contributed by atoms with Crippen LogP contribution in [0.2, 0.25) is 0 Å². The number of hydrogen-bond acceptors (Lipinski definition) is 2. The van der Waals surface area contributed by atoms with Gasteiger partial charge in [0.05, 0.1) is 12.2 Å². The van der Waals surface area contributed by atoms with Gasteiger partial charge in [-0.3, -0.25) is 0 Å². The van der Waals surface area contributed by atoms with Crippen molar-refractivity contribution in [3.05, 3.63) is 0 Å². The molecule has 0 aliphatic heterocycles. The molecule has 0 aromatic heterocycles. The summed E-state index contributed by atoms with van der Waals surface area (Å²) in [5, 5.41) is 19.5. The lowest BCUT2D eigenvalue weighted by Gasteiger charge is -2.25. The fraction of sp³-hybridized carbons (Fsp3) is 1.00. The van der Waals surface area contributed by atoms with Crippen LogP contribution in [0.3, 0.4) is 0 Å². The van der Waals surface area contributed by atoms with E-state index < -0.39 is 12.2 Å². The smallest absolute Gasteiger partial charge is 0.0863 e. The topological polar surface area (TPSA) is 40.5 Å². The molecule has 2 N–H and O–H groups in total. The molecule has 70 valence electrons. The van der Waals surface area contributed by atoms with Crippen molar-refractivity contribution in [1.82, 2.24) is 0 Å². The van der Waals surface area contributed by atoms with E-state index in [1.807, 2.05) is 0 Å². The van der Waals surface area contributed by atoms with E-state index in [0.717, 1.165) is 6.42 Å². The first kappa shape index (κ1) is 8.52. The highest BCUT2D eigenvalue weighted by Gasteiger charge is 2.70. The predicted octanol–water partition coefficient (Wildman–Crippen LogP) is 1.02. The first-order chi connectivity index (χ1) is 5.51. The molecule has 2 saturated carbocycles. The molecular weight excluding hydrogens is 152 g/mol. The molecule has 2 heteroatoms. The monoisotopic (exact) mass is 170 g/mol. The van der Waals surface area contributed by atoms with E-state index in [2.05, 4.69) is 20.8 Å². The van der Waals surface area contributed by atoms with Crippen LogP contribution in [0.1, 0.15) is 27.2 Å². The Bertz CT molecular complexity index is 200. The van der Waals surface area contributed by atoms with Crippen molar-refractivity contribution in [1.29, 1.82) is 0 Å². The first-order valence-electron chi connectivity index (χ1n) is 4.88. The molecule has 0 aromatic rings. The summed E-state index contributed by atoms with van der Waals surface area (Å²) >= 11 is 0. The van der Waals surface area contributed by atoms with Gasteiger partial charge >= 0.3 is 0 Å². The fourth-order valence-corrected chi connectivity index (χ4v) is 3.19. The minimum atomic E-state index is -0.480. The fourth-order valence-electron chi connectivity index (χ4n) is 3.19. The average molecular weight is 170 g/mol. The quantitative estimate of drug-likeness (QED) is 0.617. The Labute approximate surface area is 73.6 Å². The van der Waals surface area contributed by atoms with Crippen LogP contribution in [0.4, 0.5) is 0 Å². The molecule has 2 aliphatic rings. The van der Waals surface area contributed by atoms with E-state index in [1.54, 1.807) is 0 Å². The van der Waals surface area contributed by atoms with Gasteiger partial charge in [-0.05, 0) is 24.2 Å². The Balaban J connectivity index is 2.24. The highest BCUT2D eigenvalue weighted by Crippen LogP contribution is 2.69. The van der Waals surface area contributed by atoms with Gasteiger partial charge in [-0.1, -0.05) is 20.8 Å². The summed E-state index contributed by atoms with van der Waals surface area (Å²) in [6, 6.07) is 0. The average Bonchev–Trinajstić information content (AvgIpc) is 2.71. The summed E-state index contributed by atoms with van der Waals surface area (Å²) in [6.07, 6.45) is 0.160. The first-order valence-corrected chi connectivity index (χ1v) is 4.88. The van der Waals surface area contributed by atoms with Crippen molar-refractivity contribution < 1.29 is 10.2 Å². The predicted molar refractivity (Wildman–Crippen MR) is 46.6 cm³/mol. The molecular formula is C10H18O2. The molecule has 0 heterocycles. The maximum absolute atomic E-state index is 9.85. The lowest BCUT2D eigenvalue weighted by atomic mass is 9.87. The molecule has 0 bridgehead atoms. The number of rotatable bonds is 1. The van der Waals surface area contributed by atoms with E-state index in [9.17, 15) is 10.2 Å². The summed E-state index contributed by atoms with van der Waals surface area (Å²) in [6.45, 7) is 6.34. The van der Waals surface area contributed by atoms with Crippen molar-refractivity contribution >= 4 is 0 Å². The standard InChI is InChI=1S/C10H18O2/c1-5(2)10-4-7(10)6(3)8(11)9(10)12/h5-9,11-12H,4H2,1-3H3/t6-,7+,8-,9+,10-/m0/s1. The summed E-state index contributed by atoms with van der Waals surface area (Å²) in [7, 11) is 0. The lowest BCUT2D eigenvalue weighted by Crippen LogP contribution is -2.34. The van der Waals surface area contributed by atoms with E-state index >= 15 is 0 Å². The van der Waals surface area contributed by atoms with Gasteiger partial charge in [0.1, 0.15) is 0 Å². The van der Waals surface area contributed by atoms with Gasteiger partial charge in [0, 0.05) is 5.41 Å². The number of fused-ring (bicyclic) bond motifs is 1. The minimum Gasteiger partial charge on any atom is -0.390 e. The summed E-state index contributed by atoms with van der Waals surface area (Å²) in [4.78, 5) is 0. The van der Waals surface area contributed by atoms with Crippen LogP contribution in [-0.4, -0.2) is 22.4 Å². The van der Waals surface area contributed by atoms with E-state index in [-0.39, 0.29) is 5.41 Å². The SMILES string of the molecule is CC(C)[C@@]12C[C@@H]1[C@H](C)[C@H](O)[C@H]2O. The summed E-state index contributed by atoms with van der Waals surface area (Å²) < 4.78 is 0. The second-order valence-electron chi connectivity index (χ2n) is 4.87. The maximum Gasteiger partial charge on any atom is 0.0863 e. The van der Waals surface area contributed by atoms with Gasteiger partial charge in [0.25, 0.3) is 0 Å². The molecule has 2 fully saturated rings. The molecule has 0 spiro atoms. The molecule has 0 saturated heterocycles. The molecule has 0 unspecified atom stereocenters. The van der Waals surface area contributed by atoms with Crippen LogP contribution in [0.5, 0.6) is 0 Å². The number of hydrogen-bond donors (Lipinski definition) is 2. The van der Waals surface area contributed by atoms with E-state index in [4.69, 9.17) is 0 Å². The second kappa shape index (κ2) is 2.24. The van der Waals surface area contributed by atoms with E-state index in [0.29, 0.717) is 17.8 Å². The summed E-state index contributed by atoms with van der Waals surface area (Å²) in [5.41, 5.74) is 0.0683. The minimum absolute atomic E-state index is 0.0683. The zero-order valence-corrected chi connectivity index (χ0v) is 7.99. The zero-order valence-electron chi connectivity index (χ0n) is 7.99. The van der Waals surface area contributed by atoms with Gasteiger partial charge < -0.3 is 10.2 Å². The Morgan fingerprint density at radius 2 is 1.92 bits per heavy atom. The lowest BCUT2D eigenvalue weighted by molar-refractivity contribution is -0.0282. The normalized spacial score (nSPS) is 57.5. The van der Waals surface area contributed by atoms with Gasteiger partial charge in [-0.15, -0.1) is 0 Å². The Morgan fingerprint density at radius 1 is 1.33 bits per heavy atom. The Hall–Kier alpha value is -0.0800. The molecule has 0 aromatic carbocycles. The third-order valence-corrected chi connectivity index (χ3v) is 4.23. The number of aliphatic hydroxyl groups excluding tert-OH is 2. The van der Waals surface area contributed by atoms with Gasteiger partial charge in [0.15, 0.2) is 0 Å². The molecule has 0 amide bonds. The third kappa shape index (κ3) is 0.728.